The van der Waals surface area contributed by atoms with Crippen LogP contribution in [0.2, 0.25) is 0 Å². The number of hydrogen-bond acceptors (Lipinski definition) is 4. The minimum absolute atomic E-state index is 0.0723. The number of pyridine rings is 1. The molecule has 1 aromatic rings. The van der Waals surface area contributed by atoms with Crippen LogP contribution < -0.4 is 0 Å². The van der Waals surface area contributed by atoms with Gasteiger partial charge >= 0.3 is 5.97 Å². The summed E-state index contributed by atoms with van der Waals surface area (Å²) in [6, 6.07) is 5.00. The largest absolute Gasteiger partial charge is 0.477 e. The third-order valence-electron chi connectivity index (χ3n) is 2.68. The molecule has 1 aliphatic rings. The van der Waals surface area contributed by atoms with E-state index >= 15 is 0 Å². The van der Waals surface area contributed by atoms with Gasteiger partial charge < -0.3 is 5.11 Å². The van der Waals surface area contributed by atoms with E-state index in [4.69, 9.17) is 5.11 Å². The Morgan fingerprint density at radius 3 is 2.76 bits per heavy atom. The fourth-order valence-corrected chi connectivity index (χ4v) is 2.88. The zero-order chi connectivity index (χ0) is 12.3. The van der Waals surface area contributed by atoms with Gasteiger partial charge in [-0.05, 0) is 12.1 Å². The highest BCUT2D eigenvalue weighted by atomic mass is 32.2. The van der Waals surface area contributed by atoms with Crippen molar-refractivity contribution >= 4 is 16.8 Å². The predicted molar refractivity (Wildman–Crippen MR) is 64.3 cm³/mol. The third-order valence-corrected chi connectivity index (χ3v) is 3.96. The van der Waals surface area contributed by atoms with E-state index in [0.717, 1.165) is 18.8 Å². The topological polar surface area (TPSA) is 70.5 Å². The Hall–Kier alpha value is -1.27. The molecule has 1 saturated heterocycles. The van der Waals surface area contributed by atoms with Crippen LogP contribution in [0.5, 0.6) is 0 Å². The van der Waals surface area contributed by atoms with Crippen molar-refractivity contribution < 1.29 is 14.1 Å². The second kappa shape index (κ2) is 5.37. The van der Waals surface area contributed by atoms with E-state index in [0.29, 0.717) is 18.1 Å². The van der Waals surface area contributed by atoms with Crippen LogP contribution in [-0.2, 0) is 17.3 Å². The van der Waals surface area contributed by atoms with Gasteiger partial charge in [-0.25, -0.2) is 9.78 Å². The summed E-state index contributed by atoms with van der Waals surface area (Å²) in [6.07, 6.45) is 0. The molecule has 1 aliphatic heterocycles. The van der Waals surface area contributed by atoms with Crippen LogP contribution in [0.15, 0.2) is 18.2 Å². The number of hydrogen-bond donors (Lipinski definition) is 1. The van der Waals surface area contributed by atoms with Crippen LogP contribution in [0.25, 0.3) is 0 Å². The van der Waals surface area contributed by atoms with Crippen LogP contribution in [0.3, 0.4) is 0 Å². The Morgan fingerprint density at radius 1 is 1.41 bits per heavy atom. The smallest absolute Gasteiger partial charge is 0.354 e. The van der Waals surface area contributed by atoms with Crippen molar-refractivity contribution in [3.05, 3.63) is 29.6 Å². The molecule has 2 rings (SSSR count). The molecule has 0 spiro atoms. The molecular formula is C11H14N2O3S. The zero-order valence-electron chi connectivity index (χ0n) is 9.33. The molecule has 1 N–H and O–H groups in total. The maximum Gasteiger partial charge on any atom is 0.354 e. The molecule has 0 radical (unpaired) electrons. The highest BCUT2D eigenvalue weighted by molar-refractivity contribution is 7.85. The van der Waals surface area contributed by atoms with Gasteiger partial charge in [0.2, 0.25) is 0 Å². The van der Waals surface area contributed by atoms with Gasteiger partial charge in [0.05, 0.1) is 5.69 Å². The summed E-state index contributed by atoms with van der Waals surface area (Å²) in [5.41, 5.74) is 0.820. The van der Waals surface area contributed by atoms with Gasteiger partial charge in [0.1, 0.15) is 5.69 Å². The second-order valence-corrected chi connectivity index (χ2v) is 5.64. The molecule has 0 bridgehead atoms. The lowest BCUT2D eigenvalue weighted by Gasteiger charge is -2.25. The molecule has 1 fully saturated rings. The molecule has 0 aromatic carbocycles. The average molecular weight is 254 g/mol. The van der Waals surface area contributed by atoms with E-state index in [1.165, 1.54) is 6.07 Å². The molecule has 0 aliphatic carbocycles. The van der Waals surface area contributed by atoms with E-state index in [1.54, 1.807) is 6.07 Å². The highest BCUT2D eigenvalue weighted by Crippen LogP contribution is 2.07. The normalized spacial score (nSPS) is 18.1. The van der Waals surface area contributed by atoms with Crippen LogP contribution >= 0.6 is 0 Å². The number of carboxylic acids is 1. The molecule has 0 unspecified atom stereocenters. The number of carboxylic acid groups (broad SMARTS) is 1. The molecule has 1 aromatic heterocycles. The second-order valence-electron chi connectivity index (χ2n) is 3.94. The van der Waals surface area contributed by atoms with Gasteiger partial charge in [0.25, 0.3) is 0 Å². The lowest BCUT2D eigenvalue weighted by molar-refractivity contribution is 0.0690. The number of rotatable bonds is 3. The summed E-state index contributed by atoms with van der Waals surface area (Å²) < 4.78 is 11.2. The molecule has 0 amide bonds. The number of aromatic nitrogens is 1. The summed E-state index contributed by atoms with van der Waals surface area (Å²) in [4.78, 5) is 17.0. The molecule has 5 nitrogen and oxygen atoms in total. The molecule has 17 heavy (non-hydrogen) atoms. The first kappa shape index (κ1) is 12.2. The summed E-state index contributed by atoms with van der Waals surface area (Å²) in [5.74, 6) is 0.378. The van der Waals surface area contributed by atoms with E-state index < -0.39 is 16.8 Å². The van der Waals surface area contributed by atoms with Crippen molar-refractivity contribution in [3.8, 4) is 0 Å². The first-order chi connectivity index (χ1) is 8.15. The number of aromatic carboxylic acids is 1. The Labute approximate surface area is 102 Å². The molecule has 0 saturated carbocycles. The summed E-state index contributed by atoms with van der Waals surface area (Å²) in [5, 5.41) is 8.83. The first-order valence-corrected chi connectivity index (χ1v) is 6.90. The molecule has 2 heterocycles. The molecule has 6 heteroatoms. The summed E-state index contributed by atoms with van der Waals surface area (Å²) in [7, 11) is -0.687. The van der Waals surface area contributed by atoms with Crippen LogP contribution in [-0.4, -0.2) is 49.8 Å². The fraction of sp³-hybridized carbons (Fsp3) is 0.455. The monoisotopic (exact) mass is 254 g/mol. The molecule has 92 valence electrons. The Kier molecular flexibility index (Phi) is 3.86. The fourth-order valence-electron chi connectivity index (χ4n) is 1.75. The lowest BCUT2D eigenvalue weighted by atomic mass is 10.3. The highest BCUT2D eigenvalue weighted by Gasteiger charge is 2.16. The van der Waals surface area contributed by atoms with E-state index in [9.17, 15) is 9.00 Å². The minimum atomic E-state index is -1.01. The summed E-state index contributed by atoms with van der Waals surface area (Å²) in [6.45, 7) is 2.19. The first-order valence-electron chi connectivity index (χ1n) is 5.42. The Bertz CT molecular complexity index is 440. The van der Waals surface area contributed by atoms with Crippen LogP contribution in [0.4, 0.5) is 0 Å². The van der Waals surface area contributed by atoms with Crippen LogP contribution in [0, 0.1) is 0 Å². The van der Waals surface area contributed by atoms with Crippen molar-refractivity contribution in [2.75, 3.05) is 24.6 Å². The SMILES string of the molecule is O=C(O)c1cccc(CN2CCS(=O)CC2)n1. The predicted octanol–water partition coefficient (Wildman–Crippen LogP) is 0.344. The third kappa shape index (κ3) is 3.34. The molecular weight excluding hydrogens is 240 g/mol. The van der Waals surface area contributed by atoms with Crippen molar-refractivity contribution in [2.45, 2.75) is 6.54 Å². The zero-order valence-corrected chi connectivity index (χ0v) is 10.2. The van der Waals surface area contributed by atoms with Gasteiger partial charge in [0.15, 0.2) is 0 Å². The summed E-state index contributed by atoms with van der Waals surface area (Å²) >= 11 is 0. The molecule has 0 atom stereocenters. The van der Waals surface area contributed by atoms with Gasteiger partial charge in [-0.15, -0.1) is 0 Å². The minimum Gasteiger partial charge on any atom is -0.477 e. The van der Waals surface area contributed by atoms with Crippen molar-refractivity contribution in [2.24, 2.45) is 0 Å². The standard InChI is InChI=1S/C11H14N2O3S/c14-11(15)10-3-1-2-9(12-10)8-13-4-6-17(16)7-5-13/h1-3H,4-8H2,(H,14,15). The Balaban J connectivity index is 2.01. The van der Waals surface area contributed by atoms with Crippen molar-refractivity contribution in [1.82, 2.24) is 9.88 Å². The van der Waals surface area contributed by atoms with E-state index in [-0.39, 0.29) is 5.69 Å². The Morgan fingerprint density at radius 2 is 2.12 bits per heavy atom. The van der Waals surface area contributed by atoms with Gasteiger partial charge in [-0.3, -0.25) is 9.11 Å². The van der Waals surface area contributed by atoms with Crippen molar-refractivity contribution in [3.63, 3.8) is 0 Å². The van der Waals surface area contributed by atoms with Crippen LogP contribution in [0.1, 0.15) is 16.2 Å². The number of carbonyl (C=O) groups is 1. The van der Waals surface area contributed by atoms with Gasteiger partial charge in [0, 0.05) is 41.9 Å². The van der Waals surface area contributed by atoms with E-state index in [1.807, 2.05) is 6.07 Å². The van der Waals surface area contributed by atoms with Gasteiger partial charge in [-0.1, -0.05) is 6.07 Å². The lowest BCUT2D eigenvalue weighted by Crippen LogP contribution is -2.37. The maximum atomic E-state index is 11.2. The maximum absolute atomic E-state index is 11.2. The number of nitrogens with zero attached hydrogens (tertiary/aromatic N) is 2. The quantitative estimate of drug-likeness (QED) is 0.842. The van der Waals surface area contributed by atoms with Gasteiger partial charge in [-0.2, -0.15) is 0 Å². The average Bonchev–Trinajstić information content (AvgIpc) is 2.32. The van der Waals surface area contributed by atoms with E-state index in [2.05, 4.69) is 9.88 Å². The van der Waals surface area contributed by atoms with Crippen molar-refractivity contribution in [1.29, 1.82) is 0 Å².